The van der Waals surface area contributed by atoms with Crippen LogP contribution in [0.5, 0.6) is 5.75 Å². The van der Waals surface area contributed by atoms with Crippen LogP contribution in [-0.2, 0) is 17.9 Å². The number of hydrogen-bond donors (Lipinski definition) is 0. The number of anilines is 1. The minimum absolute atomic E-state index is 0.0723. The van der Waals surface area contributed by atoms with E-state index in [0.29, 0.717) is 37.1 Å². The van der Waals surface area contributed by atoms with Gasteiger partial charge in [0.2, 0.25) is 5.91 Å². The maximum Gasteiger partial charge on any atom is 0.242 e. The SMILES string of the molecule is Cc1cc(N2CCN(C)CC2=O)nn1Cc1cc(Cl)ccc1OCc1ccccc1. The molecule has 6 nitrogen and oxygen atoms in total. The number of carbonyl (C=O) groups excluding carboxylic acids is 1. The Labute approximate surface area is 181 Å². The second kappa shape index (κ2) is 8.90. The van der Waals surface area contributed by atoms with Gasteiger partial charge in [-0.05, 0) is 37.7 Å². The zero-order chi connectivity index (χ0) is 21.1. The molecule has 0 radical (unpaired) electrons. The number of piperazine rings is 1. The van der Waals surface area contributed by atoms with Gasteiger partial charge in [0.1, 0.15) is 12.4 Å². The normalized spacial score (nSPS) is 14.9. The molecule has 0 N–H and O–H groups in total. The highest BCUT2D eigenvalue weighted by molar-refractivity contribution is 6.30. The molecule has 4 rings (SSSR count). The topological polar surface area (TPSA) is 50.6 Å². The summed E-state index contributed by atoms with van der Waals surface area (Å²) in [5.74, 6) is 1.54. The second-order valence-electron chi connectivity index (χ2n) is 7.61. The Morgan fingerprint density at radius 2 is 1.90 bits per heavy atom. The zero-order valence-electron chi connectivity index (χ0n) is 17.2. The van der Waals surface area contributed by atoms with Crippen LogP contribution in [0.2, 0.25) is 5.02 Å². The number of halogens is 1. The summed E-state index contributed by atoms with van der Waals surface area (Å²) in [6.45, 7) is 4.88. The number of amides is 1. The van der Waals surface area contributed by atoms with Crippen LogP contribution in [0, 0.1) is 6.92 Å². The van der Waals surface area contributed by atoms with Crippen LogP contribution in [-0.4, -0.2) is 47.3 Å². The van der Waals surface area contributed by atoms with Gasteiger partial charge in [-0.2, -0.15) is 5.10 Å². The maximum atomic E-state index is 12.4. The fourth-order valence-electron chi connectivity index (χ4n) is 3.53. The van der Waals surface area contributed by atoms with E-state index in [1.807, 2.05) is 78.2 Å². The summed E-state index contributed by atoms with van der Waals surface area (Å²) in [7, 11) is 1.95. The number of likely N-dealkylation sites (N-methyl/N-ethyl adjacent to an activating group) is 1. The molecule has 0 aliphatic carbocycles. The summed E-state index contributed by atoms with van der Waals surface area (Å²) in [5.41, 5.74) is 3.02. The lowest BCUT2D eigenvalue weighted by atomic mass is 10.2. The molecular formula is C23H25ClN4O2. The van der Waals surface area contributed by atoms with E-state index in [2.05, 4.69) is 0 Å². The highest BCUT2D eigenvalue weighted by Gasteiger charge is 2.25. The first kappa shape index (κ1) is 20.4. The van der Waals surface area contributed by atoms with Crippen LogP contribution in [0.3, 0.4) is 0 Å². The highest BCUT2D eigenvalue weighted by atomic mass is 35.5. The van der Waals surface area contributed by atoms with Gasteiger partial charge in [0.05, 0.1) is 13.1 Å². The van der Waals surface area contributed by atoms with Crippen LogP contribution < -0.4 is 9.64 Å². The fraction of sp³-hybridized carbons (Fsp3) is 0.304. The predicted octanol–water partition coefficient (Wildman–Crippen LogP) is 3.75. The molecule has 30 heavy (non-hydrogen) atoms. The van der Waals surface area contributed by atoms with Crippen molar-refractivity contribution < 1.29 is 9.53 Å². The van der Waals surface area contributed by atoms with Gasteiger partial charge < -0.3 is 4.74 Å². The van der Waals surface area contributed by atoms with Gasteiger partial charge in [-0.25, -0.2) is 0 Å². The van der Waals surface area contributed by atoms with Crippen LogP contribution in [0.4, 0.5) is 5.82 Å². The molecule has 3 aromatic rings. The van der Waals surface area contributed by atoms with Crippen molar-refractivity contribution in [3.05, 3.63) is 76.4 Å². The molecule has 0 atom stereocenters. The Balaban J connectivity index is 1.53. The number of carbonyl (C=O) groups is 1. The van der Waals surface area contributed by atoms with E-state index < -0.39 is 0 Å². The van der Waals surface area contributed by atoms with Gasteiger partial charge in [0.25, 0.3) is 0 Å². The molecule has 1 saturated heterocycles. The number of aryl methyl sites for hydroxylation is 1. The van der Waals surface area contributed by atoms with Gasteiger partial charge >= 0.3 is 0 Å². The smallest absolute Gasteiger partial charge is 0.242 e. The Kier molecular flexibility index (Phi) is 6.06. The molecule has 0 spiro atoms. The van der Waals surface area contributed by atoms with E-state index in [1.54, 1.807) is 4.90 Å². The predicted molar refractivity (Wildman–Crippen MR) is 118 cm³/mol. The Hall–Kier alpha value is -2.83. The van der Waals surface area contributed by atoms with E-state index in [1.165, 1.54) is 0 Å². The number of ether oxygens (including phenoxy) is 1. The summed E-state index contributed by atoms with van der Waals surface area (Å²) in [6, 6.07) is 17.6. The van der Waals surface area contributed by atoms with Crippen LogP contribution >= 0.6 is 11.6 Å². The molecule has 1 aliphatic heterocycles. The van der Waals surface area contributed by atoms with E-state index in [4.69, 9.17) is 21.4 Å². The molecule has 0 saturated carbocycles. The number of benzene rings is 2. The third kappa shape index (κ3) is 4.66. The number of aromatic nitrogens is 2. The van der Waals surface area contributed by atoms with E-state index in [0.717, 1.165) is 29.1 Å². The summed E-state index contributed by atoms with van der Waals surface area (Å²) >= 11 is 6.26. The maximum absolute atomic E-state index is 12.4. The van der Waals surface area contributed by atoms with Crippen molar-refractivity contribution in [2.75, 3.05) is 31.6 Å². The van der Waals surface area contributed by atoms with Crippen LogP contribution in [0.1, 0.15) is 16.8 Å². The molecule has 156 valence electrons. The first-order chi connectivity index (χ1) is 14.5. The quantitative estimate of drug-likeness (QED) is 0.604. The first-order valence-electron chi connectivity index (χ1n) is 9.98. The molecule has 2 aromatic carbocycles. The molecule has 2 heterocycles. The minimum Gasteiger partial charge on any atom is -0.489 e. The van der Waals surface area contributed by atoms with Crippen molar-refractivity contribution in [2.24, 2.45) is 0 Å². The van der Waals surface area contributed by atoms with E-state index >= 15 is 0 Å². The monoisotopic (exact) mass is 424 g/mol. The van der Waals surface area contributed by atoms with Crippen molar-refractivity contribution in [1.82, 2.24) is 14.7 Å². The largest absolute Gasteiger partial charge is 0.489 e. The van der Waals surface area contributed by atoms with Gasteiger partial charge in [-0.1, -0.05) is 41.9 Å². The summed E-state index contributed by atoms with van der Waals surface area (Å²) in [4.78, 5) is 16.2. The lowest BCUT2D eigenvalue weighted by Gasteiger charge is -2.30. The molecule has 1 fully saturated rings. The molecule has 0 unspecified atom stereocenters. The van der Waals surface area contributed by atoms with E-state index in [9.17, 15) is 4.79 Å². The lowest BCUT2D eigenvalue weighted by molar-refractivity contribution is -0.120. The van der Waals surface area contributed by atoms with Crippen LogP contribution in [0.25, 0.3) is 0 Å². The first-order valence-corrected chi connectivity index (χ1v) is 10.4. The van der Waals surface area contributed by atoms with Crippen molar-refractivity contribution in [3.8, 4) is 5.75 Å². The van der Waals surface area contributed by atoms with Gasteiger partial charge in [0.15, 0.2) is 5.82 Å². The van der Waals surface area contributed by atoms with Crippen molar-refractivity contribution in [2.45, 2.75) is 20.1 Å². The average Bonchev–Trinajstić information content (AvgIpc) is 3.08. The Morgan fingerprint density at radius 1 is 1.10 bits per heavy atom. The highest BCUT2D eigenvalue weighted by Crippen LogP contribution is 2.26. The number of rotatable bonds is 6. The van der Waals surface area contributed by atoms with Gasteiger partial charge in [-0.15, -0.1) is 0 Å². The molecule has 0 bridgehead atoms. The standard InChI is InChI=1S/C23H25ClN4O2/c1-17-12-22(27-11-10-26(2)15-23(27)29)25-28(17)14-19-13-20(24)8-9-21(19)30-16-18-6-4-3-5-7-18/h3-9,12-13H,10-11,14-16H2,1-2H3. The third-order valence-corrected chi connectivity index (χ3v) is 5.47. The number of nitrogens with zero attached hydrogens (tertiary/aromatic N) is 4. The molecule has 7 heteroatoms. The van der Waals surface area contributed by atoms with Crippen LogP contribution in [0.15, 0.2) is 54.6 Å². The average molecular weight is 425 g/mol. The summed E-state index contributed by atoms with van der Waals surface area (Å²) in [6.07, 6.45) is 0. The van der Waals surface area contributed by atoms with Gasteiger partial charge in [0, 0.05) is 35.4 Å². The Bertz CT molecular complexity index is 1030. The van der Waals surface area contributed by atoms with E-state index in [-0.39, 0.29) is 5.91 Å². The third-order valence-electron chi connectivity index (χ3n) is 5.24. The van der Waals surface area contributed by atoms with Gasteiger partial charge in [-0.3, -0.25) is 19.3 Å². The number of hydrogen-bond acceptors (Lipinski definition) is 4. The second-order valence-corrected chi connectivity index (χ2v) is 8.05. The molecular weight excluding hydrogens is 400 g/mol. The lowest BCUT2D eigenvalue weighted by Crippen LogP contribution is -2.49. The van der Waals surface area contributed by atoms with Crippen molar-refractivity contribution >= 4 is 23.3 Å². The molecule has 1 aromatic heterocycles. The summed E-state index contributed by atoms with van der Waals surface area (Å²) in [5, 5.41) is 5.35. The summed E-state index contributed by atoms with van der Waals surface area (Å²) < 4.78 is 7.96. The minimum atomic E-state index is 0.0723. The molecule has 1 amide bonds. The van der Waals surface area contributed by atoms with Crippen molar-refractivity contribution in [3.63, 3.8) is 0 Å². The fourth-order valence-corrected chi connectivity index (χ4v) is 3.72. The molecule has 1 aliphatic rings. The zero-order valence-corrected chi connectivity index (χ0v) is 18.0. The Morgan fingerprint density at radius 3 is 2.67 bits per heavy atom. The van der Waals surface area contributed by atoms with Crippen molar-refractivity contribution in [1.29, 1.82) is 0 Å².